The molecule has 2 N–H and O–H groups in total. The predicted octanol–water partition coefficient (Wildman–Crippen LogP) is 3.42. The van der Waals surface area contributed by atoms with Crippen molar-refractivity contribution in [2.24, 2.45) is 11.3 Å². The van der Waals surface area contributed by atoms with Crippen molar-refractivity contribution in [2.75, 3.05) is 5.32 Å². The monoisotopic (exact) mass is 283 g/mol. The zero-order valence-electron chi connectivity index (χ0n) is 11.2. The van der Waals surface area contributed by atoms with Gasteiger partial charge in [0.15, 0.2) is 0 Å². The Bertz CT molecular complexity index is 487. The van der Waals surface area contributed by atoms with Crippen molar-refractivity contribution in [1.29, 1.82) is 0 Å². The van der Waals surface area contributed by atoms with Crippen molar-refractivity contribution in [1.82, 2.24) is 0 Å². The minimum absolute atomic E-state index is 0.0769. The van der Waals surface area contributed by atoms with Gasteiger partial charge in [0.2, 0.25) is 5.91 Å². The quantitative estimate of drug-likeness (QED) is 0.870. The normalized spacial score (nSPS) is 13.9. The fourth-order valence-electron chi connectivity index (χ4n) is 1.63. The highest BCUT2D eigenvalue weighted by atomic mass is 35.5. The third kappa shape index (κ3) is 3.96. The van der Waals surface area contributed by atoms with Crippen LogP contribution in [0.2, 0.25) is 5.02 Å². The van der Waals surface area contributed by atoms with Gasteiger partial charge in [0.25, 0.3) is 0 Å². The average Bonchev–Trinajstić information content (AvgIpc) is 2.27. The number of carbonyl (C=O) groups excluding carboxylic acids is 1. The van der Waals surface area contributed by atoms with Crippen LogP contribution in [0.4, 0.5) is 5.69 Å². The van der Waals surface area contributed by atoms with Crippen molar-refractivity contribution in [3.8, 4) is 0 Å². The van der Waals surface area contributed by atoms with Crippen molar-refractivity contribution in [2.45, 2.75) is 27.2 Å². The van der Waals surface area contributed by atoms with E-state index in [4.69, 9.17) is 11.6 Å². The number of anilines is 1. The van der Waals surface area contributed by atoms with Crippen molar-refractivity contribution >= 4 is 29.2 Å². The van der Waals surface area contributed by atoms with Crippen molar-refractivity contribution in [3.63, 3.8) is 0 Å². The number of nitrogens with one attached hydrogen (secondary N) is 1. The Balaban J connectivity index is 2.77. The third-order valence-electron chi connectivity index (χ3n) is 3.40. The van der Waals surface area contributed by atoms with E-state index in [0.29, 0.717) is 10.7 Å². The first-order chi connectivity index (χ1) is 8.75. The summed E-state index contributed by atoms with van der Waals surface area (Å²) in [5.74, 6) is -1.44. The molecule has 5 heteroatoms. The molecule has 1 aromatic rings. The minimum Gasteiger partial charge on any atom is -0.481 e. The van der Waals surface area contributed by atoms with Crippen LogP contribution in [0.1, 0.15) is 27.2 Å². The Labute approximate surface area is 117 Å². The first-order valence-electron chi connectivity index (χ1n) is 6.04. The van der Waals surface area contributed by atoms with Crippen LogP contribution in [-0.4, -0.2) is 17.0 Å². The van der Waals surface area contributed by atoms with E-state index in [1.54, 1.807) is 45.0 Å². The number of amides is 1. The van der Waals surface area contributed by atoms with Crippen molar-refractivity contribution < 1.29 is 14.7 Å². The summed E-state index contributed by atoms with van der Waals surface area (Å²) in [6.07, 6.45) is -0.0769. The van der Waals surface area contributed by atoms with Gasteiger partial charge in [-0.1, -0.05) is 31.5 Å². The van der Waals surface area contributed by atoms with Gasteiger partial charge in [-0.2, -0.15) is 0 Å². The van der Waals surface area contributed by atoms with Crippen LogP contribution >= 0.6 is 11.6 Å². The van der Waals surface area contributed by atoms with E-state index in [-0.39, 0.29) is 18.2 Å². The molecule has 1 rings (SSSR count). The second kappa shape index (κ2) is 6.06. The molecule has 0 bridgehead atoms. The summed E-state index contributed by atoms with van der Waals surface area (Å²) in [5, 5.41) is 12.4. The Morgan fingerprint density at radius 2 is 2.05 bits per heavy atom. The molecule has 1 atom stereocenters. The van der Waals surface area contributed by atoms with E-state index in [9.17, 15) is 14.7 Å². The Kier molecular flexibility index (Phi) is 4.95. The molecule has 0 fully saturated rings. The molecule has 4 nitrogen and oxygen atoms in total. The SMILES string of the molecule is CC(C)C(C)(CC(=O)Nc1cccc(Cl)c1)C(=O)O. The van der Waals surface area contributed by atoms with Gasteiger partial charge in [0.1, 0.15) is 0 Å². The molecule has 0 aliphatic carbocycles. The summed E-state index contributed by atoms with van der Waals surface area (Å²) in [6.45, 7) is 5.17. The topological polar surface area (TPSA) is 66.4 Å². The van der Waals surface area contributed by atoms with Crippen LogP contribution in [0.15, 0.2) is 24.3 Å². The highest BCUT2D eigenvalue weighted by Gasteiger charge is 2.38. The molecule has 0 spiro atoms. The molecule has 19 heavy (non-hydrogen) atoms. The summed E-state index contributed by atoms with van der Waals surface area (Å²) >= 11 is 5.82. The summed E-state index contributed by atoms with van der Waals surface area (Å²) in [7, 11) is 0. The fraction of sp³-hybridized carbons (Fsp3) is 0.429. The zero-order chi connectivity index (χ0) is 14.6. The van der Waals surface area contributed by atoms with Crippen LogP contribution < -0.4 is 5.32 Å². The van der Waals surface area contributed by atoms with E-state index in [1.807, 2.05) is 0 Å². The summed E-state index contributed by atoms with van der Waals surface area (Å²) in [4.78, 5) is 23.2. The molecular weight excluding hydrogens is 266 g/mol. The van der Waals surface area contributed by atoms with E-state index >= 15 is 0 Å². The maximum absolute atomic E-state index is 11.9. The number of halogens is 1. The molecule has 0 saturated heterocycles. The van der Waals surface area contributed by atoms with Crippen LogP contribution in [0.5, 0.6) is 0 Å². The standard InChI is InChI=1S/C14H18ClNO3/c1-9(2)14(3,13(18)19)8-12(17)16-11-6-4-5-10(15)7-11/h4-7,9H,8H2,1-3H3,(H,16,17)(H,18,19). The largest absolute Gasteiger partial charge is 0.481 e. The molecule has 0 saturated carbocycles. The van der Waals surface area contributed by atoms with Gasteiger partial charge in [0.05, 0.1) is 5.41 Å². The number of benzene rings is 1. The number of hydrogen-bond acceptors (Lipinski definition) is 2. The van der Waals surface area contributed by atoms with E-state index in [0.717, 1.165) is 0 Å². The minimum atomic E-state index is -1.08. The molecule has 0 aromatic heterocycles. The predicted molar refractivity (Wildman–Crippen MR) is 75.3 cm³/mol. The molecule has 1 aromatic carbocycles. The number of carboxylic acid groups (broad SMARTS) is 1. The second-order valence-corrected chi connectivity index (χ2v) is 5.55. The maximum Gasteiger partial charge on any atom is 0.310 e. The van der Waals surface area contributed by atoms with Gasteiger partial charge >= 0.3 is 5.97 Å². The molecule has 1 unspecified atom stereocenters. The van der Waals surface area contributed by atoms with Gasteiger partial charge in [0, 0.05) is 17.1 Å². The lowest BCUT2D eigenvalue weighted by molar-refractivity contribution is -0.153. The molecule has 1 amide bonds. The lowest BCUT2D eigenvalue weighted by Crippen LogP contribution is -2.37. The van der Waals surface area contributed by atoms with Gasteiger partial charge < -0.3 is 10.4 Å². The van der Waals surface area contributed by atoms with Crippen LogP contribution in [0.3, 0.4) is 0 Å². The van der Waals surface area contributed by atoms with Crippen LogP contribution in [0, 0.1) is 11.3 Å². The second-order valence-electron chi connectivity index (χ2n) is 5.11. The summed E-state index contributed by atoms with van der Waals surface area (Å²) < 4.78 is 0. The van der Waals surface area contributed by atoms with E-state index in [2.05, 4.69) is 5.32 Å². The number of hydrogen-bond donors (Lipinski definition) is 2. The molecule has 0 aliphatic heterocycles. The number of aliphatic carboxylic acids is 1. The molecule has 0 aliphatic rings. The summed E-state index contributed by atoms with van der Waals surface area (Å²) in [5.41, 5.74) is -0.517. The Morgan fingerprint density at radius 1 is 1.42 bits per heavy atom. The lowest BCUT2D eigenvalue weighted by atomic mass is 9.76. The Morgan fingerprint density at radius 3 is 2.53 bits per heavy atom. The van der Waals surface area contributed by atoms with Crippen molar-refractivity contribution in [3.05, 3.63) is 29.3 Å². The third-order valence-corrected chi connectivity index (χ3v) is 3.63. The average molecular weight is 284 g/mol. The van der Waals surface area contributed by atoms with Crippen LogP contribution in [0.25, 0.3) is 0 Å². The first-order valence-corrected chi connectivity index (χ1v) is 6.42. The smallest absolute Gasteiger partial charge is 0.310 e. The molecule has 0 heterocycles. The number of carboxylic acids is 1. The molecule has 0 radical (unpaired) electrons. The Hall–Kier alpha value is -1.55. The fourth-order valence-corrected chi connectivity index (χ4v) is 1.82. The zero-order valence-corrected chi connectivity index (χ0v) is 12.0. The van der Waals surface area contributed by atoms with Crippen LogP contribution in [-0.2, 0) is 9.59 Å². The highest BCUT2D eigenvalue weighted by Crippen LogP contribution is 2.31. The highest BCUT2D eigenvalue weighted by molar-refractivity contribution is 6.30. The van der Waals surface area contributed by atoms with Gasteiger partial charge in [-0.15, -0.1) is 0 Å². The van der Waals surface area contributed by atoms with Gasteiger partial charge in [-0.3, -0.25) is 9.59 Å². The number of rotatable bonds is 5. The van der Waals surface area contributed by atoms with E-state index in [1.165, 1.54) is 0 Å². The lowest BCUT2D eigenvalue weighted by Gasteiger charge is -2.28. The van der Waals surface area contributed by atoms with Gasteiger partial charge in [-0.25, -0.2) is 0 Å². The molecule has 104 valence electrons. The van der Waals surface area contributed by atoms with Gasteiger partial charge in [-0.05, 0) is 31.0 Å². The molecular formula is C14H18ClNO3. The van der Waals surface area contributed by atoms with E-state index < -0.39 is 11.4 Å². The first kappa shape index (κ1) is 15.5. The maximum atomic E-state index is 11.9. The summed E-state index contributed by atoms with van der Waals surface area (Å²) in [6, 6.07) is 6.74. The number of carbonyl (C=O) groups is 2.